The van der Waals surface area contributed by atoms with Crippen molar-refractivity contribution in [3.8, 4) is 0 Å². The molecule has 1 aromatic heterocycles. The number of benzene rings is 1. The Kier molecular flexibility index (Phi) is 5.38. The monoisotopic (exact) mass is 380 g/mol. The van der Waals surface area contributed by atoms with E-state index in [0.29, 0.717) is 25.3 Å². The van der Waals surface area contributed by atoms with E-state index in [0.717, 1.165) is 19.3 Å². The number of rotatable bonds is 5. The minimum atomic E-state index is -3.85. The zero-order chi connectivity index (χ0) is 18.7. The van der Waals surface area contributed by atoms with Gasteiger partial charge in [0, 0.05) is 31.5 Å². The van der Waals surface area contributed by atoms with Gasteiger partial charge in [0.05, 0.1) is 5.56 Å². The Morgan fingerprint density at radius 3 is 2.46 bits per heavy atom. The molecule has 1 N–H and O–H groups in total. The molecule has 1 aromatic carbocycles. The molecule has 1 aliphatic rings. The number of nitrogens with one attached hydrogen (secondary N) is 1. The summed E-state index contributed by atoms with van der Waals surface area (Å²) < 4.78 is 41.7. The topological polar surface area (TPSA) is 84.3 Å². The van der Waals surface area contributed by atoms with Crippen LogP contribution >= 0.6 is 0 Å². The highest BCUT2D eigenvalue weighted by Gasteiger charge is 2.33. The molecule has 1 aliphatic heterocycles. The summed E-state index contributed by atoms with van der Waals surface area (Å²) >= 11 is 0. The number of sulfonamides is 1. The standard InChI is InChI=1S/C17H21FN4O3S/c1-2-21-12-15(16(23)19-14-8-6-13(18)7-9-14)17(20-21)26(24,25)22-10-4-3-5-11-22/h6-9,12H,2-5,10-11H2,1H3,(H,19,23). The smallest absolute Gasteiger partial charge is 0.263 e. The van der Waals surface area contributed by atoms with Crippen LogP contribution in [0.2, 0.25) is 0 Å². The number of nitrogens with zero attached hydrogens (tertiary/aromatic N) is 3. The van der Waals surface area contributed by atoms with Crippen molar-refractivity contribution in [2.24, 2.45) is 0 Å². The lowest BCUT2D eigenvalue weighted by Gasteiger charge is -2.25. The molecule has 26 heavy (non-hydrogen) atoms. The van der Waals surface area contributed by atoms with E-state index < -0.39 is 21.7 Å². The van der Waals surface area contributed by atoms with Crippen molar-refractivity contribution in [3.63, 3.8) is 0 Å². The quantitative estimate of drug-likeness (QED) is 0.864. The number of halogens is 1. The second kappa shape index (κ2) is 7.55. The maximum Gasteiger partial charge on any atom is 0.263 e. The van der Waals surface area contributed by atoms with Crippen LogP contribution in [-0.4, -0.2) is 41.5 Å². The van der Waals surface area contributed by atoms with E-state index in [4.69, 9.17) is 0 Å². The highest BCUT2D eigenvalue weighted by molar-refractivity contribution is 7.89. The van der Waals surface area contributed by atoms with E-state index in [2.05, 4.69) is 10.4 Å². The molecule has 140 valence electrons. The Labute approximate surface area is 151 Å². The lowest BCUT2D eigenvalue weighted by molar-refractivity contribution is 0.102. The maximum absolute atomic E-state index is 13.0. The lowest BCUT2D eigenvalue weighted by atomic mass is 10.2. The molecule has 2 heterocycles. The Morgan fingerprint density at radius 2 is 1.85 bits per heavy atom. The van der Waals surface area contributed by atoms with Crippen molar-refractivity contribution in [1.29, 1.82) is 0 Å². The molecule has 2 aromatic rings. The SMILES string of the molecule is CCn1cc(C(=O)Nc2ccc(F)cc2)c(S(=O)(=O)N2CCCCC2)n1. The largest absolute Gasteiger partial charge is 0.322 e. The van der Waals surface area contributed by atoms with E-state index in [1.54, 1.807) is 0 Å². The van der Waals surface area contributed by atoms with Crippen LogP contribution in [0.5, 0.6) is 0 Å². The van der Waals surface area contributed by atoms with E-state index in [-0.39, 0.29) is 10.6 Å². The summed E-state index contributed by atoms with van der Waals surface area (Å²) in [6.07, 6.45) is 4.01. The lowest BCUT2D eigenvalue weighted by Crippen LogP contribution is -2.36. The molecule has 0 spiro atoms. The van der Waals surface area contributed by atoms with Crippen LogP contribution in [0.15, 0.2) is 35.5 Å². The Morgan fingerprint density at radius 1 is 1.19 bits per heavy atom. The summed E-state index contributed by atoms with van der Waals surface area (Å²) in [6.45, 7) is 3.11. The zero-order valence-electron chi connectivity index (χ0n) is 14.5. The third kappa shape index (κ3) is 3.78. The van der Waals surface area contributed by atoms with Crippen molar-refractivity contribution < 1.29 is 17.6 Å². The molecule has 1 amide bonds. The van der Waals surface area contributed by atoms with Gasteiger partial charge in [-0.05, 0) is 44.0 Å². The van der Waals surface area contributed by atoms with Gasteiger partial charge in [-0.2, -0.15) is 9.40 Å². The van der Waals surface area contributed by atoms with Crippen molar-refractivity contribution in [1.82, 2.24) is 14.1 Å². The summed E-state index contributed by atoms with van der Waals surface area (Å²) in [4.78, 5) is 12.6. The Hall–Kier alpha value is -2.26. The number of piperidine rings is 1. The molecular formula is C17H21FN4O3S. The van der Waals surface area contributed by atoms with Crippen LogP contribution in [0.3, 0.4) is 0 Å². The summed E-state index contributed by atoms with van der Waals surface area (Å²) in [7, 11) is -3.85. The number of anilines is 1. The van der Waals surface area contributed by atoms with Crippen LogP contribution in [-0.2, 0) is 16.6 Å². The van der Waals surface area contributed by atoms with Gasteiger partial charge in [0.2, 0.25) is 5.03 Å². The molecule has 1 saturated heterocycles. The molecule has 0 atom stereocenters. The van der Waals surface area contributed by atoms with Gasteiger partial charge < -0.3 is 5.32 Å². The van der Waals surface area contributed by atoms with E-state index >= 15 is 0 Å². The molecule has 0 radical (unpaired) electrons. The third-order valence-electron chi connectivity index (χ3n) is 4.30. The molecule has 0 bridgehead atoms. The van der Waals surface area contributed by atoms with Crippen molar-refractivity contribution >= 4 is 21.6 Å². The molecule has 0 saturated carbocycles. The Balaban J connectivity index is 1.92. The van der Waals surface area contributed by atoms with Gasteiger partial charge in [0.25, 0.3) is 15.9 Å². The molecule has 7 nitrogen and oxygen atoms in total. The van der Waals surface area contributed by atoms with Crippen LogP contribution in [0.25, 0.3) is 0 Å². The maximum atomic E-state index is 13.0. The van der Waals surface area contributed by atoms with Crippen molar-refractivity contribution in [2.45, 2.75) is 37.8 Å². The summed E-state index contributed by atoms with van der Waals surface area (Å²) in [5.74, 6) is -1.01. The third-order valence-corrected chi connectivity index (χ3v) is 6.13. The molecular weight excluding hydrogens is 359 g/mol. The predicted octanol–water partition coefficient (Wildman–Crippen LogP) is 2.47. The normalized spacial score (nSPS) is 15.8. The van der Waals surface area contributed by atoms with Gasteiger partial charge in [-0.3, -0.25) is 9.48 Å². The van der Waals surface area contributed by atoms with Gasteiger partial charge >= 0.3 is 0 Å². The number of carbonyl (C=O) groups is 1. The van der Waals surface area contributed by atoms with E-state index in [9.17, 15) is 17.6 Å². The number of aryl methyl sites for hydroxylation is 1. The fourth-order valence-corrected chi connectivity index (χ4v) is 4.49. The fraction of sp³-hybridized carbons (Fsp3) is 0.412. The second-order valence-electron chi connectivity index (χ2n) is 6.13. The molecule has 0 aliphatic carbocycles. The predicted molar refractivity (Wildman–Crippen MR) is 94.9 cm³/mol. The summed E-state index contributed by atoms with van der Waals surface area (Å²) in [5.41, 5.74) is 0.365. The first-order valence-corrected chi connectivity index (χ1v) is 10.0. The summed E-state index contributed by atoms with van der Waals surface area (Å²) in [6, 6.07) is 5.26. The number of hydrogen-bond acceptors (Lipinski definition) is 4. The minimum absolute atomic E-state index is 0.0123. The van der Waals surface area contributed by atoms with Crippen LogP contribution in [0.4, 0.5) is 10.1 Å². The molecule has 3 rings (SSSR count). The first kappa shape index (κ1) is 18.5. The highest BCUT2D eigenvalue weighted by atomic mass is 32.2. The van der Waals surface area contributed by atoms with Gasteiger partial charge in [-0.25, -0.2) is 12.8 Å². The molecule has 1 fully saturated rings. The van der Waals surface area contributed by atoms with Gasteiger partial charge in [-0.1, -0.05) is 6.42 Å². The van der Waals surface area contributed by atoms with Crippen LogP contribution < -0.4 is 5.32 Å². The molecule has 9 heteroatoms. The van der Waals surface area contributed by atoms with E-state index in [1.807, 2.05) is 6.92 Å². The average molecular weight is 380 g/mol. The summed E-state index contributed by atoms with van der Waals surface area (Å²) in [5, 5.41) is 6.48. The van der Waals surface area contributed by atoms with Crippen molar-refractivity contribution in [2.75, 3.05) is 18.4 Å². The van der Waals surface area contributed by atoms with E-state index in [1.165, 1.54) is 39.4 Å². The van der Waals surface area contributed by atoms with Gasteiger partial charge in [0.1, 0.15) is 5.82 Å². The first-order chi connectivity index (χ1) is 12.4. The number of aromatic nitrogens is 2. The second-order valence-corrected chi connectivity index (χ2v) is 7.98. The number of amides is 1. The van der Waals surface area contributed by atoms with Crippen LogP contribution in [0, 0.1) is 5.82 Å². The average Bonchev–Trinajstić information content (AvgIpc) is 3.10. The Bertz CT molecular complexity index is 887. The number of carbonyl (C=O) groups excluding carboxylic acids is 1. The number of hydrogen-bond donors (Lipinski definition) is 1. The van der Waals surface area contributed by atoms with Crippen molar-refractivity contribution in [3.05, 3.63) is 41.8 Å². The first-order valence-electron chi connectivity index (χ1n) is 8.56. The highest BCUT2D eigenvalue weighted by Crippen LogP contribution is 2.23. The minimum Gasteiger partial charge on any atom is -0.322 e. The molecule has 0 unspecified atom stereocenters. The zero-order valence-corrected chi connectivity index (χ0v) is 15.3. The van der Waals surface area contributed by atoms with Crippen LogP contribution in [0.1, 0.15) is 36.5 Å². The van der Waals surface area contributed by atoms with Gasteiger partial charge in [-0.15, -0.1) is 0 Å². The van der Waals surface area contributed by atoms with Gasteiger partial charge in [0.15, 0.2) is 0 Å². The fourth-order valence-electron chi connectivity index (χ4n) is 2.87.